The molecule has 0 spiro atoms. The van der Waals surface area contributed by atoms with Crippen LogP contribution < -0.4 is 19.1 Å². The lowest BCUT2D eigenvalue weighted by molar-refractivity contribution is -0.0515. The van der Waals surface area contributed by atoms with Gasteiger partial charge in [-0.05, 0) is 29.8 Å². The Hall–Kier alpha value is -2.50. The molecule has 1 aliphatic heterocycles. The molecule has 0 unspecified atom stereocenters. The molecule has 0 amide bonds. The third kappa shape index (κ3) is 3.47. The third-order valence-electron chi connectivity index (χ3n) is 3.65. The molecule has 6 heteroatoms. The van der Waals surface area contributed by atoms with Crippen LogP contribution in [0.4, 0.5) is 14.5 Å². The van der Waals surface area contributed by atoms with Crippen molar-refractivity contribution in [2.75, 3.05) is 25.2 Å². The van der Waals surface area contributed by atoms with Crippen LogP contribution in [0.25, 0.3) is 0 Å². The standard InChI is InChI=1S/C17H17F2NO3/c1-21-13-7-5-12(6-8-13)11-20-9-10-22-16-14(20)3-2-4-15(16)23-17(18)19/h2-8,17H,9-11H2,1H3. The molecule has 122 valence electrons. The van der Waals surface area contributed by atoms with Gasteiger partial charge in [0, 0.05) is 6.54 Å². The highest BCUT2D eigenvalue weighted by Gasteiger charge is 2.23. The summed E-state index contributed by atoms with van der Waals surface area (Å²) in [6.45, 7) is -1.12. The van der Waals surface area contributed by atoms with Gasteiger partial charge in [-0.15, -0.1) is 0 Å². The van der Waals surface area contributed by atoms with Crippen molar-refractivity contribution in [3.05, 3.63) is 48.0 Å². The number of para-hydroxylation sites is 1. The molecule has 0 fully saturated rings. The van der Waals surface area contributed by atoms with Crippen LogP contribution in [0, 0.1) is 0 Å². The van der Waals surface area contributed by atoms with Crippen molar-refractivity contribution in [1.82, 2.24) is 0 Å². The number of benzene rings is 2. The molecule has 0 atom stereocenters. The fourth-order valence-electron chi connectivity index (χ4n) is 2.58. The van der Waals surface area contributed by atoms with Gasteiger partial charge in [0.25, 0.3) is 0 Å². The molecule has 0 saturated heterocycles. The van der Waals surface area contributed by atoms with E-state index in [0.717, 1.165) is 17.0 Å². The average Bonchev–Trinajstić information content (AvgIpc) is 2.56. The van der Waals surface area contributed by atoms with Crippen LogP contribution in [0.2, 0.25) is 0 Å². The summed E-state index contributed by atoms with van der Waals surface area (Å²) in [6.07, 6.45) is 0. The summed E-state index contributed by atoms with van der Waals surface area (Å²) in [4.78, 5) is 2.08. The van der Waals surface area contributed by atoms with Gasteiger partial charge >= 0.3 is 6.61 Å². The highest BCUT2D eigenvalue weighted by molar-refractivity contribution is 5.66. The number of fused-ring (bicyclic) bond motifs is 1. The minimum atomic E-state index is -2.87. The van der Waals surface area contributed by atoms with E-state index in [9.17, 15) is 8.78 Å². The van der Waals surface area contributed by atoms with E-state index in [1.165, 1.54) is 6.07 Å². The van der Waals surface area contributed by atoms with Gasteiger partial charge in [-0.3, -0.25) is 0 Å². The van der Waals surface area contributed by atoms with E-state index in [1.54, 1.807) is 13.2 Å². The zero-order chi connectivity index (χ0) is 16.2. The predicted octanol–water partition coefficient (Wildman–Crippen LogP) is 3.70. The van der Waals surface area contributed by atoms with E-state index in [2.05, 4.69) is 9.64 Å². The van der Waals surface area contributed by atoms with E-state index in [1.807, 2.05) is 30.3 Å². The van der Waals surface area contributed by atoms with Crippen LogP contribution >= 0.6 is 0 Å². The second kappa shape index (κ2) is 6.73. The second-order valence-corrected chi connectivity index (χ2v) is 5.10. The van der Waals surface area contributed by atoms with Crippen molar-refractivity contribution in [3.8, 4) is 17.2 Å². The van der Waals surface area contributed by atoms with Crippen LogP contribution in [0.3, 0.4) is 0 Å². The molecule has 2 aromatic rings. The normalized spacial score (nSPS) is 13.5. The summed E-state index contributed by atoms with van der Waals surface area (Å²) < 4.78 is 40.2. The van der Waals surface area contributed by atoms with Crippen LogP contribution in [-0.2, 0) is 6.54 Å². The van der Waals surface area contributed by atoms with Crippen molar-refractivity contribution in [3.63, 3.8) is 0 Å². The number of anilines is 1. The molecule has 2 aromatic carbocycles. The third-order valence-corrected chi connectivity index (χ3v) is 3.65. The molecule has 1 aliphatic rings. The highest BCUT2D eigenvalue weighted by atomic mass is 19.3. The van der Waals surface area contributed by atoms with Gasteiger partial charge in [-0.2, -0.15) is 8.78 Å². The average molecular weight is 321 g/mol. The summed E-state index contributed by atoms with van der Waals surface area (Å²) in [5.74, 6) is 1.23. The van der Waals surface area contributed by atoms with E-state index in [4.69, 9.17) is 9.47 Å². The Balaban J connectivity index is 1.83. The van der Waals surface area contributed by atoms with Crippen molar-refractivity contribution < 1.29 is 23.0 Å². The van der Waals surface area contributed by atoms with Gasteiger partial charge in [-0.1, -0.05) is 18.2 Å². The minimum Gasteiger partial charge on any atom is -0.497 e. The first-order valence-corrected chi connectivity index (χ1v) is 7.26. The lowest BCUT2D eigenvalue weighted by Crippen LogP contribution is -2.32. The Bertz CT molecular complexity index is 661. The quantitative estimate of drug-likeness (QED) is 0.840. The molecule has 0 radical (unpaired) electrons. The Kier molecular flexibility index (Phi) is 4.50. The minimum absolute atomic E-state index is 0.0666. The zero-order valence-corrected chi connectivity index (χ0v) is 12.7. The first-order chi connectivity index (χ1) is 11.2. The number of hydrogen-bond acceptors (Lipinski definition) is 4. The van der Waals surface area contributed by atoms with Crippen LogP contribution in [-0.4, -0.2) is 26.9 Å². The summed E-state index contributed by atoms with van der Waals surface area (Å²) in [5, 5.41) is 0. The summed E-state index contributed by atoms with van der Waals surface area (Å²) in [7, 11) is 1.62. The number of nitrogens with zero attached hydrogens (tertiary/aromatic N) is 1. The maximum absolute atomic E-state index is 12.5. The lowest BCUT2D eigenvalue weighted by atomic mass is 10.1. The highest BCUT2D eigenvalue weighted by Crippen LogP contribution is 2.41. The number of halogens is 2. The van der Waals surface area contributed by atoms with Crippen molar-refractivity contribution in [1.29, 1.82) is 0 Å². The SMILES string of the molecule is COc1ccc(CN2CCOc3c(OC(F)F)cccc32)cc1. The van der Waals surface area contributed by atoms with Crippen LogP contribution in [0.1, 0.15) is 5.56 Å². The maximum atomic E-state index is 12.5. The summed E-state index contributed by atoms with van der Waals surface area (Å²) in [6, 6.07) is 12.8. The summed E-state index contributed by atoms with van der Waals surface area (Å²) >= 11 is 0. The Morgan fingerprint density at radius 2 is 1.96 bits per heavy atom. The van der Waals surface area contributed by atoms with E-state index >= 15 is 0 Å². The number of alkyl halides is 2. The first-order valence-electron chi connectivity index (χ1n) is 7.26. The fourth-order valence-corrected chi connectivity index (χ4v) is 2.58. The van der Waals surface area contributed by atoms with E-state index in [0.29, 0.717) is 25.4 Å². The molecule has 0 aliphatic carbocycles. The summed E-state index contributed by atoms with van der Waals surface area (Å²) in [5.41, 5.74) is 1.85. The molecule has 4 nitrogen and oxygen atoms in total. The van der Waals surface area contributed by atoms with Crippen LogP contribution in [0.15, 0.2) is 42.5 Å². The smallest absolute Gasteiger partial charge is 0.387 e. The maximum Gasteiger partial charge on any atom is 0.387 e. The second-order valence-electron chi connectivity index (χ2n) is 5.10. The number of rotatable bonds is 5. The molecule has 23 heavy (non-hydrogen) atoms. The van der Waals surface area contributed by atoms with Gasteiger partial charge in [0.2, 0.25) is 0 Å². The van der Waals surface area contributed by atoms with Gasteiger partial charge in [0.1, 0.15) is 12.4 Å². The lowest BCUT2D eigenvalue weighted by Gasteiger charge is -2.32. The van der Waals surface area contributed by atoms with Gasteiger partial charge in [-0.25, -0.2) is 0 Å². The van der Waals surface area contributed by atoms with Gasteiger partial charge < -0.3 is 19.1 Å². The predicted molar refractivity (Wildman–Crippen MR) is 82.6 cm³/mol. The Morgan fingerprint density at radius 1 is 1.17 bits per heavy atom. The molecular weight excluding hydrogens is 304 g/mol. The molecule has 1 heterocycles. The fraction of sp³-hybridized carbons (Fsp3) is 0.294. The van der Waals surface area contributed by atoms with Crippen molar-refractivity contribution in [2.45, 2.75) is 13.2 Å². The number of hydrogen-bond donors (Lipinski definition) is 0. The molecular formula is C17H17F2NO3. The largest absolute Gasteiger partial charge is 0.497 e. The van der Waals surface area contributed by atoms with Crippen LogP contribution in [0.5, 0.6) is 17.2 Å². The topological polar surface area (TPSA) is 30.9 Å². The molecule has 0 N–H and O–H groups in total. The van der Waals surface area contributed by atoms with Gasteiger partial charge in [0.05, 0.1) is 19.3 Å². The van der Waals surface area contributed by atoms with E-state index < -0.39 is 6.61 Å². The molecule has 0 bridgehead atoms. The van der Waals surface area contributed by atoms with E-state index in [-0.39, 0.29) is 5.75 Å². The Morgan fingerprint density at radius 3 is 2.65 bits per heavy atom. The molecule has 3 rings (SSSR count). The van der Waals surface area contributed by atoms with Crippen molar-refractivity contribution in [2.24, 2.45) is 0 Å². The monoisotopic (exact) mass is 321 g/mol. The number of ether oxygens (including phenoxy) is 3. The molecule has 0 saturated carbocycles. The number of methoxy groups -OCH3 is 1. The zero-order valence-electron chi connectivity index (χ0n) is 12.7. The van der Waals surface area contributed by atoms with Crippen molar-refractivity contribution >= 4 is 5.69 Å². The molecule has 0 aromatic heterocycles. The first kappa shape index (κ1) is 15.4. The Labute approximate surface area is 133 Å². The van der Waals surface area contributed by atoms with Gasteiger partial charge in [0.15, 0.2) is 11.5 Å².